The summed E-state index contributed by atoms with van der Waals surface area (Å²) in [6, 6.07) is 21.2. The molecule has 0 fully saturated rings. The number of ether oxygens (including phenoxy) is 2. The second-order valence-electron chi connectivity index (χ2n) is 8.37. The number of aromatic nitrogens is 1. The molecule has 7 heteroatoms. The molecule has 0 saturated carbocycles. The highest BCUT2D eigenvalue weighted by Gasteiger charge is 2.25. The average molecular weight is 471 g/mol. The minimum atomic E-state index is -0.499. The molecule has 0 aliphatic carbocycles. The lowest BCUT2D eigenvalue weighted by Gasteiger charge is -2.10. The van der Waals surface area contributed by atoms with E-state index in [-0.39, 0.29) is 11.5 Å². The number of para-hydroxylation sites is 1. The highest BCUT2D eigenvalue weighted by atomic mass is 16.5. The number of nitrogens with one attached hydrogen (secondary N) is 1. The van der Waals surface area contributed by atoms with Crippen molar-refractivity contribution in [3.05, 3.63) is 83.6 Å². The van der Waals surface area contributed by atoms with Crippen LogP contribution in [0.3, 0.4) is 0 Å². The van der Waals surface area contributed by atoms with Gasteiger partial charge in [0.15, 0.2) is 22.8 Å². The van der Waals surface area contributed by atoms with Gasteiger partial charge in [-0.15, -0.1) is 0 Å². The first-order valence-corrected chi connectivity index (χ1v) is 11.3. The van der Waals surface area contributed by atoms with Gasteiger partial charge in [-0.25, -0.2) is 0 Å². The predicted molar refractivity (Wildman–Crippen MR) is 136 cm³/mol. The molecule has 5 rings (SSSR count). The van der Waals surface area contributed by atoms with Crippen LogP contribution in [0, 0.1) is 0 Å². The van der Waals surface area contributed by atoms with Crippen LogP contribution < -0.4 is 14.8 Å². The Morgan fingerprint density at radius 1 is 0.943 bits per heavy atom. The Morgan fingerprint density at radius 3 is 2.37 bits per heavy atom. The van der Waals surface area contributed by atoms with Crippen LogP contribution in [0.25, 0.3) is 22.0 Å². The third-order valence-corrected chi connectivity index (χ3v) is 6.27. The van der Waals surface area contributed by atoms with E-state index in [0.717, 1.165) is 34.9 Å². The molecular weight excluding hydrogens is 444 g/mol. The van der Waals surface area contributed by atoms with Gasteiger partial charge in [-0.05, 0) is 60.4 Å². The monoisotopic (exact) mass is 470 g/mol. The quantitative estimate of drug-likeness (QED) is 0.319. The number of nitrogens with zero attached hydrogens (tertiary/aromatic N) is 1. The first kappa shape index (κ1) is 22.4. The summed E-state index contributed by atoms with van der Waals surface area (Å²) < 4.78 is 18.3. The largest absolute Gasteiger partial charge is 0.503 e. The predicted octanol–water partition coefficient (Wildman–Crippen LogP) is 5.68. The van der Waals surface area contributed by atoms with Crippen LogP contribution in [0.5, 0.6) is 17.2 Å². The zero-order valence-electron chi connectivity index (χ0n) is 19.8. The molecule has 0 radical (unpaired) electrons. The number of hydrogen-bond acceptors (Lipinski definition) is 5. The Labute approximate surface area is 202 Å². The van der Waals surface area contributed by atoms with Crippen molar-refractivity contribution in [1.82, 2.24) is 4.57 Å². The number of amides is 1. The molecule has 0 spiro atoms. The van der Waals surface area contributed by atoms with Crippen LogP contribution in [-0.2, 0) is 19.9 Å². The van der Waals surface area contributed by atoms with Gasteiger partial charge in [-0.3, -0.25) is 4.79 Å². The minimum Gasteiger partial charge on any atom is -0.503 e. The summed E-state index contributed by atoms with van der Waals surface area (Å²) in [5, 5.41) is 14.4. The number of benzene rings is 3. The van der Waals surface area contributed by atoms with Crippen molar-refractivity contribution in [2.24, 2.45) is 7.05 Å². The molecule has 5 aromatic rings. The van der Waals surface area contributed by atoms with E-state index in [9.17, 15) is 9.90 Å². The standard InChI is InChI=1S/C28H26N2O5/c1-30-21-7-5-4-6-20(21)26-24(30)25(31)27(35-26)28(32)29-19-13-10-17(11-14-19)8-9-18-12-15-22(33-2)23(16-18)34-3/h4-7,10-16,31H,8-9H2,1-3H3,(H,29,32). The number of carbonyl (C=O) groups excluding carboxylic acids is 1. The maximum atomic E-state index is 12.9. The number of hydrogen-bond donors (Lipinski definition) is 2. The van der Waals surface area contributed by atoms with E-state index in [1.165, 1.54) is 0 Å². The number of fused-ring (bicyclic) bond motifs is 3. The van der Waals surface area contributed by atoms with Crippen LogP contribution in [0.4, 0.5) is 5.69 Å². The number of aryl methyl sites for hydroxylation is 3. The van der Waals surface area contributed by atoms with Gasteiger partial charge >= 0.3 is 0 Å². The van der Waals surface area contributed by atoms with E-state index >= 15 is 0 Å². The van der Waals surface area contributed by atoms with Crippen molar-refractivity contribution in [2.75, 3.05) is 19.5 Å². The lowest BCUT2D eigenvalue weighted by molar-refractivity contribution is 0.0995. The Hall–Kier alpha value is -4.39. The first-order chi connectivity index (χ1) is 17.0. The smallest absolute Gasteiger partial charge is 0.295 e. The van der Waals surface area contributed by atoms with E-state index in [1.807, 2.05) is 78.3 Å². The fraction of sp³-hybridized carbons (Fsp3) is 0.179. The molecule has 35 heavy (non-hydrogen) atoms. The maximum absolute atomic E-state index is 12.9. The molecule has 2 heterocycles. The number of carbonyl (C=O) groups is 1. The molecule has 3 aromatic carbocycles. The molecule has 2 aromatic heterocycles. The summed E-state index contributed by atoms with van der Waals surface area (Å²) in [6.45, 7) is 0. The Bertz CT molecular complexity index is 1530. The zero-order chi connectivity index (χ0) is 24.5. The fourth-order valence-corrected chi connectivity index (χ4v) is 4.41. The maximum Gasteiger partial charge on any atom is 0.295 e. The first-order valence-electron chi connectivity index (χ1n) is 11.3. The summed E-state index contributed by atoms with van der Waals surface area (Å²) in [7, 11) is 5.08. The molecule has 0 saturated heterocycles. The van der Waals surface area contributed by atoms with Gasteiger partial charge in [0.05, 0.1) is 19.7 Å². The molecular formula is C28H26N2O5. The van der Waals surface area contributed by atoms with Crippen molar-refractivity contribution in [1.29, 1.82) is 0 Å². The number of aromatic hydroxyl groups is 1. The Morgan fingerprint density at radius 2 is 1.63 bits per heavy atom. The summed E-state index contributed by atoms with van der Waals surface area (Å²) >= 11 is 0. The topological polar surface area (TPSA) is 85.9 Å². The SMILES string of the molecule is COc1ccc(CCc2ccc(NC(=O)c3oc4c5ccccc5n(C)c4c3O)cc2)cc1OC. The average Bonchev–Trinajstić information content (AvgIpc) is 3.38. The van der Waals surface area contributed by atoms with E-state index in [1.54, 1.807) is 14.2 Å². The summed E-state index contributed by atoms with van der Waals surface area (Å²) in [4.78, 5) is 12.9. The van der Waals surface area contributed by atoms with Gasteiger partial charge < -0.3 is 28.9 Å². The third-order valence-electron chi connectivity index (χ3n) is 6.27. The number of furan rings is 1. The normalized spacial score (nSPS) is 11.2. The van der Waals surface area contributed by atoms with E-state index in [4.69, 9.17) is 13.9 Å². The lowest BCUT2D eigenvalue weighted by atomic mass is 10.0. The van der Waals surface area contributed by atoms with Crippen molar-refractivity contribution >= 4 is 33.6 Å². The Balaban J connectivity index is 1.28. The van der Waals surface area contributed by atoms with Gasteiger partial charge in [-0.1, -0.05) is 30.3 Å². The molecule has 1 amide bonds. The van der Waals surface area contributed by atoms with Crippen LogP contribution in [0.2, 0.25) is 0 Å². The minimum absolute atomic E-state index is 0.103. The molecule has 0 atom stereocenters. The molecule has 7 nitrogen and oxygen atoms in total. The van der Waals surface area contributed by atoms with E-state index in [2.05, 4.69) is 5.32 Å². The van der Waals surface area contributed by atoms with Gasteiger partial charge in [0, 0.05) is 18.1 Å². The molecule has 178 valence electrons. The summed E-state index contributed by atoms with van der Waals surface area (Å²) in [6.07, 6.45) is 1.67. The zero-order valence-corrected chi connectivity index (χ0v) is 19.8. The van der Waals surface area contributed by atoms with Crippen molar-refractivity contribution in [3.8, 4) is 17.2 Å². The van der Waals surface area contributed by atoms with Gasteiger partial charge in [0.25, 0.3) is 5.91 Å². The Kier molecular flexibility index (Phi) is 5.82. The van der Waals surface area contributed by atoms with Crippen molar-refractivity contribution in [3.63, 3.8) is 0 Å². The van der Waals surface area contributed by atoms with Gasteiger partial charge in [-0.2, -0.15) is 0 Å². The second-order valence-corrected chi connectivity index (χ2v) is 8.37. The van der Waals surface area contributed by atoms with Gasteiger partial charge in [0.1, 0.15) is 5.52 Å². The van der Waals surface area contributed by atoms with E-state index in [0.29, 0.717) is 28.3 Å². The molecule has 0 aliphatic heterocycles. The summed E-state index contributed by atoms with van der Waals surface area (Å²) in [5.74, 6) is 0.655. The number of anilines is 1. The van der Waals surface area contributed by atoms with Crippen molar-refractivity contribution in [2.45, 2.75) is 12.8 Å². The van der Waals surface area contributed by atoms with Crippen LogP contribution in [0.15, 0.2) is 71.1 Å². The van der Waals surface area contributed by atoms with Crippen LogP contribution >= 0.6 is 0 Å². The van der Waals surface area contributed by atoms with Crippen molar-refractivity contribution < 1.29 is 23.8 Å². The summed E-state index contributed by atoms with van der Waals surface area (Å²) in [5.41, 5.74) is 4.82. The van der Waals surface area contributed by atoms with Crippen LogP contribution in [-0.4, -0.2) is 29.8 Å². The molecule has 2 N–H and O–H groups in total. The van der Waals surface area contributed by atoms with E-state index < -0.39 is 5.91 Å². The third kappa shape index (κ3) is 4.05. The number of methoxy groups -OCH3 is 2. The highest BCUT2D eigenvalue weighted by Crippen LogP contribution is 2.38. The fourth-order valence-electron chi connectivity index (χ4n) is 4.41. The molecule has 0 unspecified atom stereocenters. The lowest BCUT2D eigenvalue weighted by Crippen LogP contribution is -2.11. The van der Waals surface area contributed by atoms with Gasteiger partial charge in [0.2, 0.25) is 5.76 Å². The molecule has 0 aliphatic rings. The molecule has 0 bridgehead atoms. The van der Waals surface area contributed by atoms with Crippen LogP contribution in [0.1, 0.15) is 21.7 Å². The highest BCUT2D eigenvalue weighted by molar-refractivity contribution is 6.13. The number of rotatable bonds is 7. The second kappa shape index (κ2) is 9.10.